The van der Waals surface area contributed by atoms with Crippen molar-refractivity contribution in [3.8, 4) is 0 Å². The van der Waals surface area contributed by atoms with E-state index in [1.165, 1.54) is 0 Å². The van der Waals surface area contributed by atoms with Crippen LogP contribution in [0.4, 0.5) is 0 Å². The van der Waals surface area contributed by atoms with E-state index in [9.17, 15) is 14.7 Å². The molecule has 5 heteroatoms. The van der Waals surface area contributed by atoms with Gasteiger partial charge in [-0.15, -0.1) is 0 Å². The number of carbonyl (C=O) groups is 2. The van der Waals surface area contributed by atoms with E-state index in [1.54, 1.807) is 18.9 Å². The third-order valence-electron chi connectivity index (χ3n) is 2.91. The van der Waals surface area contributed by atoms with Crippen LogP contribution in [0.15, 0.2) is 0 Å². The summed E-state index contributed by atoms with van der Waals surface area (Å²) in [5.41, 5.74) is 0. The number of carbonyl (C=O) groups excluding carboxylic acids is 1. The molecule has 0 saturated carbocycles. The van der Waals surface area contributed by atoms with Gasteiger partial charge in [-0.2, -0.15) is 0 Å². The molecule has 0 aliphatic carbocycles. The first-order chi connectivity index (χ1) is 8.16. The molecule has 0 radical (unpaired) electrons. The van der Waals surface area contributed by atoms with Crippen LogP contribution in [0.25, 0.3) is 0 Å². The highest BCUT2D eigenvalue weighted by Gasteiger charge is 2.32. The van der Waals surface area contributed by atoms with Gasteiger partial charge in [-0.25, -0.2) is 0 Å². The second-order valence-electron chi connectivity index (χ2n) is 5.62. The Morgan fingerprint density at radius 2 is 1.61 bits per heavy atom. The SMILES string of the molecule is CC(C)CC(C(=O)O)C(C)C(=O)N(C)CN(C)C. The van der Waals surface area contributed by atoms with Crippen LogP contribution in [0.1, 0.15) is 27.2 Å². The van der Waals surface area contributed by atoms with E-state index in [4.69, 9.17) is 0 Å². The maximum Gasteiger partial charge on any atom is 0.307 e. The Morgan fingerprint density at radius 3 is 1.94 bits per heavy atom. The van der Waals surface area contributed by atoms with Crippen molar-refractivity contribution in [1.82, 2.24) is 9.80 Å². The Bertz CT molecular complexity index is 290. The van der Waals surface area contributed by atoms with E-state index in [0.29, 0.717) is 13.1 Å². The van der Waals surface area contributed by atoms with Crippen molar-refractivity contribution in [2.24, 2.45) is 17.8 Å². The molecular formula is C13H26N2O3. The van der Waals surface area contributed by atoms with Crippen LogP contribution >= 0.6 is 0 Å². The van der Waals surface area contributed by atoms with Gasteiger partial charge >= 0.3 is 5.97 Å². The van der Waals surface area contributed by atoms with Crippen molar-refractivity contribution >= 4 is 11.9 Å². The fraction of sp³-hybridized carbons (Fsp3) is 0.846. The molecule has 5 nitrogen and oxygen atoms in total. The molecule has 1 amide bonds. The Hall–Kier alpha value is -1.10. The lowest BCUT2D eigenvalue weighted by atomic mass is 9.86. The first kappa shape index (κ1) is 16.9. The van der Waals surface area contributed by atoms with E-state index in [-0.39, 0.29) is 11.8 Å². The van der Waals surface area contributed by atoms with Gasteiger partial charge in [0.25, 0.3) is 0 Å². The lowest BCUT2D eigenvalue weighted by Crippen LogP contribution is -2.42. The van der Waals surface area contributed by atoms with E-state index in [0.717, 1.165) is 0 Å². The molecule has 0 aromatic rings. The number of hydrogen-bond donors (Lipinski definition) is 1. The minimum atomic E-state index is -0.886. The highest BCUT2D eigenvalue weighted by atomic mass is 16.4. The van der Waals surface area contributed by atoms with Crippen molar-refractivity contribution in [2.45, 2.75) is 27.2 Å². The minimum absolute atomic E-state index is 0.114. The molecule has 2 atom stereocenters. The summed E-state index contributed by atoms with van der Waals surface area (Å²) >= 11 is 0. The predicted molar refractivity (Wildman–Crippen MR) is 71.1 cm³/mol. The summed E-state index contributed by atoms with van der Waals surface area (Å²) in [6.45, 7) is 6.14. The summed E-state index contributed by atoms with van der Waals surface area (Å²) in [6.07, 6.45) is 0.526. The fourth-order valence-corrected chi connectivity index (χ4v) is 2.04. The van der Waals surface area contributed by atoms with E-state index in [2.05, 4.69) is 0 Å². The number of carboxylic acid groups (broad SMARTS) is 1. The summed E-state index contributed by atoms with van der Waals surface area (Å²) in [5.74, 6) is -1.84. The second kappa shape index (κ2) is 7.36. The standard InChI is InChI=1S/C13H26N2O3/c1-9(2)7-11(13(17)18)10(3)12(16)15(6)8-14(4)5/h9-11H,7-8H2,1-6H3,(H,17,18). The highest BCUT2D eigenvalue weighted by molar-refractivity contribution is 5.84. The van der Waals surface area contributed by atoms with Gasteiger partial charge in [-0.3, -0.25) is 14.5 Å². The summed E-state index contributed by atoms with van der Waals surface area (Å²) in [6, 6.07) is 0. The number of aliphatic carboxylic acids is 1. The van der Waals surface area contributed by atoms with Crippen LogP contribution < -0.4 is 0 Å². The quantitative estimate of drug-likeness (QED) is 0.700. The predicted octanol–water partition coefficient (Wildman–Crippen LogP) is 1.35. The van der Waals surface area contributed by atoms with Crippen molar-refractivity contribution in [2.75, 3.05) is 27.8 Å². The monoisotopic (exact) mass is 258 g/mol. The zero-order valence-electron chi connectivity index (χ0n) is 12.3. The highest BCUT2D eigenvalue weighted by Crippen LogP contribution is 2.22. The average molecular weight is 258 g/mol. The first-order valence-corrected chi connectivity index (χ1v) is 6.29. The van der Waals surface area contributed by atoms with E-state index in [1.807, 2.05) is 32.8 Å². The number of nitrogens with zero attached hydrogens (tertiary/aromatic N) is 2. The second-order valence-corrected chi connectivity index (χ2v) is 5.62. The zero-order valence-corrected chi connectivity index (χ0v) is 12.3. The van der Waals surface area contributed by atoms with E-state index >= 15 is 0 Å². The lowest BCUT2D eigenvalue weighted by molar-refractivity contribution is -0.150. The van der Waals surface area contributed by atoms with Crippen molar-refractivity contribution < 1.29 is 14.7 Å². The minimum Gasteiger partial charge on any atom is -0.481 e. The third kappa shape index (κ3) is 5.49. The van der Waals surface area contributed by atoms with Crippen LogP contribution in [0.2, 0.25) is 0 Å². The lowest BCUT2D eigenvalue weighted by Gasteiger charge is -2.28. The van der Waals surface area contributed by atoms with Gasteiger partial charge in [-0.1, -0.05) is 20.8 Å². The number of hydrogen-bond acceptors (Lipinski definition) is 3. The summed E-state index contributed by atoms with van der Waals surface area (Å²) in [4.78, 5) is 26.8. The van der Waals surface area contributed by atoms with Crippen LogP contribution in [0, 0.1) is 17.8 Å². The van der Waals surface area contributed by atoms with E-state index < -0.39 is 17.8 Å². The van der Waals surface area contributed by atoms with Gasteiger partial charge < -0.3 is 10.0 Å². The number of rotatable bonds is 7. The van der Waals surface area contributed by atoms with Gasteiger partial charge in [-0.05, 0) is 26.4 Å². The Kier molecular flexibility index (Phi) is 6.91. The van der Waals surface area contributed by atoms with Gasteiger partial charge in [0.15, 0.2) is 0 Å². The van der Waals surface area contributed by atoms with Gasteiger partial charge in [0.2, 0.25) is 5.91 Å². The average Bonchev–Trinajstić information content (AvgIpc) is 2.22. The van der Waals surface area contributed by atoms with Crippen LogP contribution in [-0.2, 0) is 9.59 Å². The smallest absolute Gasteiger partial charge is 0.307 e. The summed E-state index contributed by atoms with van der Waals surface area (Å²) < 4.78 is 0. The number of carboxylic acids is 1. The molecule has 0 aromatic heterocycles. The molecule has 2 unspecified atom stereocenters. The molecule has 0 spiro atoms. The zero-order chi connectivity index (χ0) is 14.5. The van der Waals surface area contributed by atoms with Crippen LogP contribution in [0.5, 0.6) is 0 Å². The van der Waals surface area contributed by atoms with Crippen LogP contribution in [0.3, 0.4) is 0 Å². The summed E-state index contributed by atoms with van der Waals surface area (Å²) in [5, 5.41) is 9.22. The first-order valence-electron chi connectivity index (χ1n) is 6.29. The fourth-order valence-electron chi connectivity index (χ4n) is 2.04. The van der Waals surface area contributed by atoms with Gasteiger partial charge in [0.1, 0.15) is 0 Å². The molecule has 1 N–H and O–H groups in total. The Balaban J connectivity index is 4.70. The van der Waals surface area contributed by atoms with Crippen molar-refractivity contribution in [3.63, 3.8) is 0 Å². The summed E-state index contributed by atoms with van der Waals surface area (Å²) in [7, 11) is 5.45. The molecule has 0 bridgehead atoms. The van der Waals surface area contributed by atoms with Crippen molar-refractivity contribution in [1.29, 1.82) is 0 Å². The molecule has 0 saturated heterocycles. The molecule has 106 valence electrons. The number of amides is 1. The molecule has 0 fully saturated rings. The molecule has 0 aromatic carbocycles. The molecule has 0 aliphatic rings. The Labute approximate surface area is 110 Å². The molecular weight excluding hydrogens is 232 g/mol. The largest absolute Gasteiger partial charge is 0.481 e. The normalized spacial score (nSPS) is 14.7. The Morgan fingerprint density at radius 1 is 1.11 bits per heavy atom. The van der Waals surface area contributed by atoms with Crippen molar-refractivity contribution in [3.05, 3.63) is 0 Å². The molecule has 0 rings (SSSR count). The van der Waals surface area contributed by atoms with Gasteiger partial charge in [0.05, 0.1) is 12.6 Å². The van der Waals surface area contributed by atoms with Gasteiger partial charge in [0, 0.05) is 13.0 Å². The molecule has 0 heterocycles. The third-order valence-corrected chi connectivity index (χ3v) is 2.91. The maximum absolute atomic E-state index is 12.1. The molecule has 18 heavy (non-hydrogen) atoms. The maximum atomic E-state index is 12.1. The molecule has 0 aliphatic heterocycles. The van der Waals surface area contributed by atoms with Crippen LogP contribution in [-0.4, -0.2) is 54.6 Å². The topological polar surface area (TPSA) is 60.9 Å².